The van der Waals surface area contributed by atoms with Crippen LogP contribution in [0.15, 0.2) is 71.4 Å². The van der Waals surface area contributed by atoms with E-state index in [9.17, 15) is 4.39 Å². The average Bonchev–Trinajstić information content (AvgIpc) is 3.21. The maximum absolute atomic E-state index is 13.3. The van der Waals surface area contributed by atoms with Crippen molar-refractivity contribution in [1.82, 2.24) is 20.4 Å². The minimum Gasteiger partial charge on any atom is -0.351 e. The summed E-state index contributed by atoms with van der Waals surface area (Å²) in [5, 5.41) is 8.12. The second-order valence-electron chi connectivity index (χ2n) is 7.12. The normalized spacial score (nSPS) is 16.6. The fourth-order valence-corrected chi connectivity index (χ4v) is 3.79. The lowest BCUT2D eigenvalue weighted by molar-refractivity contribution is 0.399. The molecular formula is C23H21FN4OS. The summed E-state index contributed by atoms with van der Waals surface area (Å²) in [4.78, 5) is 6.55. The van der Waals surface area contributed by atoms with Crippen LogP contribution in [0.1, 0.15) is 30.0 Å². The minimum absolute atomic E-state index is 0.235. The number of rotatable bonds is 5. The van der Waals surface area contributed by atoms with Crippen LogP contribution in [-0.4, -0.2) is 26.7 Å². The zero-order valence-corrected chi connectivity index (χ0v) is 17.5. The van der Waals surface area contributed by atoms with Crippen LogP contribution in [-0.2, 0) is 0 Å². The molecule has 152 valence electrons. The van der Waals surface area contributed by atoms with E-state index in [0.717, 1.165) is 16.8 Å². The van der Waals surface area contributed by atoms with E-state index in [1.807, 2.05) is 18.7 Å². The molecule has 2 aromatic carbocycles. The molecule has 0 fully saturated rings. The lowest BCUT2D eigenvalue weighted by Crippen LogP contribution is -2.45. The minimum atomic E-state index is -0.314. The van der Waals surface area contributed by atoms with Crippen LogP contribution in [0.3, 0.4) is 0 Å². The Bertz CT molecular complexity index is 1120. The Kier molecular flexibility index (Phi) is 5.46. The van der Waals surface area contributed by atoms with Gasteiger partial charge in [-0.1, -0.05) is 41.1 Å². The van der Waals surface area contributed by atoms with Gasteiger partial charge < -0.3 is 14.7 Å². The smallest absolute Gasteiger partial charge is 0.258 e. The van der Waals surface area contributed by atoms with Crippen molar-refractivity contribution in [3.63, 3.8) is 0 Å². The van der Waals surface area contributed by atoms with Gasteiger partial charge in [0.05, 0.1) is 11.6 Å². The second kappa shape index (κ2) is 8.20. The third-order valence-electron chi connectivity index (χ3n) is 5.08. The van der Waals surface area contributed by atoms with Crippen LogP contribution in [0.4, 0.5) is 4.39 Å². The summed E-state index contributed by atoms with van der Waals surface area (Å²) < 4.78 is 18.9. The van der Waals surface area contributed by atoms with E-state index in [1.165, 1.54) is 17.7 Å². The van der Waals surface area contributed by atoms with Gasteiger partial charge in [-0.3, -0.25) is 0 Å². The number of halogens is 1. The summed E-state index contributed by atoms with van der Waals surface area (Å²) in [6.45, 7) is 8.41. The number of thiocarbonyl (C=S) groups is 1. The molecule has 2 heterocycles. The first kappa shape index (κ1) is 20.0. The van der Waals surface area contributed by atoms with Crippen LogP contribution in [0, 0.1) is 12.7 Å². The molecular weight excluding hydrogens is 399 g/mol. The topological polar surface area (TPSA) is 54.2 Å². The molecule has 7 heteroatoms. The van der Waals surface area contributed by atoms with E-state index in [1.54, 1.807) is 18.2 Å². The first-order chi connectivity index (χ1) is 14.5. The molecule has 1 atom stereocenters. The predicted octanol–water partition coefficient (Wildman–Crippen LogP) is 5.03. The van der Waals surface area contributed by atoms with Crippen molar-refractivity contribution in [2.75, 3.05) is 6.54 Å². The monoisotopic (exact) mass is 420 g/mol. The molecule has 1 aliphatic rings. The molecule has 0 aliphatic carbocycles. The molecule has 0 amide bonds. The molecule has 0 saturated carbocycles. The van der Waals surface area contributed by atoms with Gasteiger partial charge in [-0.25, -0.2) is 4.39 Å². The van der Waals surface area contributed by atoms with Crippen molar-refractivity contribution in [2.24, 2.45) is 0 Å². The molecule has 1 N–H and O–H groups in total. The zero-order chi connectivity index (χ0) is 21.3. The Morgan fingerprint density at radius 1 is 1.17 bits per heavy atom. The Hall–Kier alpha value is -3.32. The lowest BCUT2D eigenvalue weighted by Gasteiger charge is -2.36. The quantitative estimate of drug-likeness (QED) is 0.461. The van der Waals surface area contributed by atoms with Gasteiger partial charge in [-0.05, 0) is 55.9 Å². The number of allylic oxidation sites excluding steroid dienone is 1. The predicted molar refractivity (Wildman–Crippen MR) is 119 cm³/mol. The highest BCUT2D eigenvalue weighted by Crippen LogP contribution is 2.37. The van der Waals surface area contributed by atoms with Crippen LogP contribution < -0.4 is 5.32 Å². The third-order valence-corrected chi connectivity index (χ3v) is 5.42. The molecule has 1 aromatic heterocycles. The number of aryl methyl sites for hydroxylation is 1. The first-order valence-electron chi connectivity index (χ1n) is 9.54. The van der Waals surface area contributed by atoms with Crippen LogP contribution in [0.5, 0.6) is 0 Å². The zero-order valence-electron chi connectivity index (χ0n) is 16.7. The third kappa shape index (κ3) is 3.76. The largest absolute Gasteiger partial charge is 0.351 e. The molecule has 4 rings (SSSR count). The van der Waals surface area contributed by atoms with E-state index in [4.69, 9.17) is 16.7 Å². The Morgan fingerprint density at radius 3 is 2.53 bits per heavy atom. The molecule has 30 heavy (non-hydrogen) atoms. The average molecular weight is 421 g/mol. The standard InChI is InChI=1S/C23H21FN4OS/c1-4-13-28-15(3)19(20(25-23(28)30)16-7-5-14(2)6-8-16)22-26-21(27-29-22)17-9-11-18(24)12-10-17/h4-12,20H,1,13H2,2-3H3,(H,25,30). The van der Waals surface area contributed by atoms with Gasteiger partial charge in [0.25, 0.3) is 5.89 Å². The first-order valence-corrected chi connectivity index (χ1v) is 9.95. The summed E-state index contributed by atoms with van der Waals surface area (Å²) in [7, 11) is 0. The fourth-order valence-electron chi connectivity index (χ4n) is 3.47. The van der Waals surface area contributed by atoms with E-state index in [-0.39, 0.29) is 11.9 Å². The van der Waals surface area contributed by atoms with Gasteiger partial charge in [0.1, 0.15) is 5.82 Å². The number of benzene rings is 2. The van der Waals surface area contributed by atoms with Crippen LogP contribution >= 0.6 is 12.2 Å². The number of hydrogen-bond acceptors (Lipinski definition) is 4. The highest BCUT2D eigenvalue weighted by molar-refractivity contribution is 7.80. The van der Waals surface area contributed by atoms with E-state index < -0.39 is 0 Å². The van der Waals surface area contributed by atoms with Crippen molar-refractivity contribution in [3.8, 4) is 11.4 Å². The van der Waals surface area contributed by atoms with Crippen LogP contribution in [0.25, 0.3) is 17.0 Å². The lowest BCUT2D eigenvalue weighted by atomic mass is 9.94. The summed E-state index contributed by atoms with van der Waals surface area (Å²) in [6.07, 6.45) is 1.79. The SMILES string of the molecule is C=CCN1C(=S)NC(c2ccc(C)cc2)C(c2nc(-c3ccc(F)cc3)no2)=C1C. The van der Waals surface area contributed by atoms with Gasteiger partial charge >= 0.3 is 0 Å². The Labute approximate surface area is 179 Å². The Morgan fingerprint density at radius 2 is 1.87 bits per heavy atom. The van der Waals surface area contributed by atoms with Gasteiger partial charge in [0.15, 0.2) is 5.11 Å². The molecule has 0 saturated heterocycles. The van der Waals surface area contributed by atoms with Crippen molar-refractivity contribution < 1.29 is 8.91 Å². The molecule has 0 bridgehead atoms. The molecule has 0 radical (unpaired) electrons. The summed E-state index contributed by atoms with van der Waals surface area (Å²) in [5.74, 6) is 0.475. The fraction of sp³-hybridized carbons (Fsp3) is 0.174. The van der Waals surface area contributed by atoms with Crippen LogP contribution in [0.2, 0.25) is 0 Å². The van der Waals surface area contributed by atoms with Gasteiger partial charge in [-0.15, -0.1) is 6.58 Å². The Balaban J connectivity index is 1.81. The highest BCUT2D eigenvalue weighted by atomic mass is 32.1. The van der Waals surface area contributed by atoms with Crippen molar-refractivity contribution >= 4 is 22.9 Å². The molecule has 3 aromatic rings. The van der Waals surface area contributed by atoms with Gasteiger partial charge in [-0.2, -0.15) is 4.98 Å². The summed E-state index contributed by atoms with van der Waals surface area (Å²) >= 11 is 5.60. The molecule has 0 spiro atoms. The number of hydrogen-bond donors (Lipinski definition) is 1. The number of nitrogens with one attached hydrogen (secondary N) is 1. The molecule has 1 unspecified atom stereocenters. The van der Waals surface area contributed by atoms with Crippen molar-refractivity contribution in [1.29, 1.82) is 0 Å². The molecule has 1 aliphatic heterocycles. The van der Waals surface area contributed by atoms with E-state index >= 15 is 0 Å². The van der Waals surface area contributed by atoms with Crippen molar-refractivity contribution in [3.05, 3.63) is 89.7 Å². The van der Waals surface area contributed by atoms with Gasteiger partial charge in [0, 0.05) is 17.8 Å². The summed E-state index contributed by atoms with van der Waals surface area (Å²) in [5.41, 5.74) is 4.65. The number of aromatic nitrogens is 2. The molecule has 5 nitrogen and oxygen atoms in total. The summed E-state index contributed by atoms with van der Waals surface area (Å²) in [6, 6.07) is 14.0. The van der Waals surface area contributed by atoms with E-state index in [2.05, 4.69) is 46.3 Å². The van der Waals surface area contributed by atoms with Crippen molar-refractivity contribution in [2.45, 2.75) is 19.9 Å². The maximum atomic E-state index is 13.3. The highest BCUT2D eigenvalue weighted by Gasteiger charge is 2.33. The number of nitrogens with zero attached hydrogens (tertiary/aromatic N) is 3. The van der Waals surface area contributed by atoms with Gasteiger partial charge in [0.2, 0.25) is 5.82 Å². The maximum Gasteiger partial charge on any atom is 0.258 e. The van der Waals surface area contributed by atoms with E-state index in [0.29, 0.717) is 28.9 Å². The second-order valence-corrected chi connectivity index (χ2v) is 7.51.